The standard InChI is InChI=1S/C19H28N4O/c1-3-4-8-16(14-18-21-12-13-22-18)10-11-23-19(20)24-17-9-6-5-7-15(17)2/h4,8,10-15,17H,3,5-7,9H2,1-2H3,(H2,20,23)(H,21,22)/b8-4+,11-10+,16-14+. The van der Waals surface area contributed by atoms with E-state index in [2.05, 4.69) is 34.9 Å². The largest absolute Gasteiger partial charge is 0.462 e. The van der Waals surface area contributed by atoms with Crippen LogP contribution in [-0.2, 0) is 4.74 Å². The van der Waals surface area contributed by atoms with Crippen LogP contribution in [0.4, 0.5) is 0 Å². The molecule has 0 bridgehead atoms. The van der Waals surface area contributed by atoms with Crippen molar-refractivity contribution in [3.05, 3.63) is 48.2 Å². The molecule has 1 aromatic heterocycles. The summed E-state index contributed by atoms with van der Waals surface area (Å²) in [5.41, 5.74) is 6.90. The van der Waals surface area contributed by atoms with Crippen LogP contribution in [-0.4, -0.2) is 22.1 Å². The Hall–Kier alpha value is -2.30. The molecule has 5 heteroatoms. The second-order valence-electron chi connectivity index (χ2n) is 6.13. The van der Waals surface area contributed by atoms with E-state index in [1.54, 1.807) is 18.6 Å². The number of ether oxygens (including phenoxy) is 1. The number of allylic oxidation sites excluding steroid dienone is 4. The third-order valence-corrected chi connectivity index (χ3v) is 4.14. The first-order valence-electron chi connectivity index (χ1n) is 8.73. The van der Waals surface area contributed by atoms with Gasteiger partial charge in [0.15, 0.2) is 0 Å². The molecule has 24 heavy (non-hydrogen) atoms. The molecule has 0 aliphatic heterocycles. The minimum Gasteiger partial charge on any atom is -0.462 e. The molecule has 1 fully saturated rings. The zero-order valence-electron chi connectivity index (χ0n) is 14.6. The van der Waals surface area contributed by atoms with Crippen molar-refractivity contribution in [1.82, 2.24) is 9.97 Å². The Kier molecular flexibility index (Phi) is 7.33. The Labute approximate surface area is 144 Å². The van der Waals surface area contributed by atoms with Gasteiger partial charge in [-0.15, -0.1) is 0 Å². The predicted molar refractivity (Wildman–Crippen MR) is 99.3 cm³/mol. The SMILES string of the molecule is CC/C=C/C(/C=C/N=C(\N)OC1CCCCC1C)=C\c1ncc[nH]1. The number of rotatable bonds is 6. The van der Waals surface area contributed by atoms with Crippen molar-refractivity contribution in [2.75, 3.05) is 0 Å². The molecule has 2 atom stereocenters. The van der Waals surface area contributed by atoms with Gasteiger partial charge in [-0.05, 0) is 49.3 Å². The number of amidine groups is 1. The van der Waals surface area contributed by atoms with Crippen LogP contribution in [0.1, 0.15) is 51.8 Å². The lowest BCUT2D eigenvalue weighted by Crippen LogP contribution is -2.31. The summed E-state index contributed by atoms with van der Waals surface area (Å²) in [6.45, 7) is 4.31. The molecule has 2 unspecified atom stereocenters. The lowest BCUT2D eigenvalue weighted by atomic mass is 9.88. The normalized spacial score (nSPS) is 23.2. The maximum Gasteiger partial charge on any atom is 0.286 e. The molecule has 3 N–H and O–H groups in total. The van der Waals surface area contributed by atoms with E-state index in [0.29, 0.717) is 5.92 Å². The van der Waals surface area contributed by atoms with Crippen molar-refractivity contribution in [3.8, 4) is 0 Å². The summed E-state index contributed by atoms with van der Waals surface area (Å²) < 4.78 is 5.79. The van der Waals surface area contributed by atoms with Crippen molar-refractivity contribution < 1.29 is 4.74 Å². The molecule has 5 nitrogen and oxygen atoms in total. The molecule has 1 saturated carbocycles. The van der Waals surface area contributed by atoms with E-state index in [1.807, 2.05) is 18.2 Å². The molecule has 0 aromatic carbocycles. The Balaban J connectivity index is 1.98. The highest BCUT2D eigenvalue weighted by Gasteiger charge is 2.23. The van der Waals surface area contributed by atoms with E-state index in [-0.39, 0.29) is 12.1 Å². The minimum atomic E-state index is 0.189. The number of hydrogen-bond donors (Lipinski definition) is 2. The van der Waals surface area contributed by atoms with Crippen LogP contribution in [0.5, 0.6) is 0 Å². The molecule has 1 aliphatic carbocycles. The predicted octanol–water partition coefficient (Wildman–Crippen LogP) is 4.18. The van der Waals surface area contributed by atoms with Crippen molar-refractivity contribution >= 4 is 12.1 Å². The zero-order chi connectivity index (χ0) is 17.2. The summed E-state index contributed by atoms with van der Waals surface area (Å²) in [6, 6.07) is 0.238. The van der Waals surface area contributed by atoms with Gasteiger partial charge in [-0.25, -0.2) is 9.98 Å². The Morgan fingerprint density at radius 3 is 2.96 bits per heavy atom. The van der Waals surface area contributed by atoms with Crippen LogP contribution >= 0.6 is 0 Å². The summed E-state index contributed by atoms with van der Waals surface area (Å²) in [7, 11) is 0. The number of aromatic nitrogens is 2. The van der Waals surface area contributed by atoms with Gasteiger partial charge in [-0.1, -0.05) is 32.4 Å². The highest BCUT2D eigenvalue weighted by molar-refractivity contribution is 5.72. The molecule has 1 aromatic rings. The average Bonchev–Trinajstić information content (AvgIpc) is 3.07. The molecular formula is C19H28N4O. The van der Waals surface area contributed by atoms with Crippen LogP contribution in [0.2, 0.25) is 0 Å². The van der Waals surface area contributed by atoms with Crippen molar-refractivity contribution in [2.45, 2.75) is 52.1 Å². The van der Waals surface area contributed by atoms with Crippen LogP contribution in [0, 0.1) is 5.92 Å². The van der Waals surface area contributed by atoms with Gasteiger partial charge in [0.1, 0.15) is 11.9 Å². The summed E-state index contributed by atoms with van der Waals surface area (Å²) in [6.07, 6.45) is 19.1. The van der Waals surface area contributed by atoms with Gasteiger partial charge in [0, 0.05) is 18.6 Å². The Morgan fingerprint density at radius 1 is 1.42 bits per heavy atom. The topological polar surface area (TPSA) is 76.3 Å². The summed E-state index contributed by atoms with van der Waals surface area (Å²) >= 11 is 0. The fourth-order valence-electron chi connectivity index (χ4n) is 2.76. The fourth-order valence-corrected chi connectivity index (χ4v) is 2.76. The maximum atomic E-state index is 5.91. The number of nitrogens with one attached hydrogen (secondary N) is 1. The van der Waals surface area contributed by atoms with Crippen molar-refractivity contribution in [3.63, 3.8) is 0 Å². The first-order valence-corrected chi connectivity index (χ1v) is 8.73. The molecule has 0 saturated heterocycles. The Bertz CT molecular complexity index is 599. The molecular weight excluding hydrogens is 300 g/mol. The molecule has 2 rings (SSSR count). The first kappa shape index (κ1) is 18.0. The zero-order valence-corrected chi connectivity index (χ0v) is 14.6. The van der Waals surface area contributed by atoms with Gasteiger partial charge in [-0.3, -0.25) is 0 Å². The summed E-state index contributed by atoms with van der Waals surface area (Å²) in [5, 5.41) is 0. The van der Waals surface area contributed by atoms with Crippen molar-refractivity contribution in [2.24, 2.45) is 16.6 Å². The second kappa shape index (κ2) is 9.75. The van der Waals surface area contributed by atoms with Crippen LogP contribution in [0.15, 0.2) is 47.4 Å². The van der Waals surface area contributed by atoms with E-state index in [9.17, 15) is 0 Å². The number of nitrogens with two attached hydrogens (primary N) is 1. The molecule has 0 radical (unpaired) electrons. The molecule has 0 amide bonds. The number of hydrogen-bond acceptors (Lipinski definition) is 3. The second-order valence-corrected chi connectivity index (χ2v) is 6.13. The van der Waals surface area contributed by atoms with Gasteiger partial charge in [0.25, 0.3) is 6.02 Å². The van der Waals surface area contributed by atoms with E-state index >= 15 is 0 Å². The number of H-pyrrole nitrogens is 1. The van der Waals surface area contributed by atoms with E-state index in [4.69, 9.17) is 10.5 Å². The molecule has 130 valence electrons. The lowest BCUT2D eigenvalue weighted by molar-refractivity contribution is 0.0895. The van der Waals surface area contributed by atoms with E-state index in [0.717, 1.165) is 24.2 Å². The third kappa shape index (κ3) is 6.07. The van der Waals surface area contributed by atoms with Crippen molar-refractivity contribution in [1.29, 1.82) is 0 Å². The third-order valence-electron chi connectivity index (χ3n) is 4.14. The molecule has 1 heterocycles. The van der Waals surface area contributed by atoms with Crippen LogP contribution in [0.3, 0.4) is 0 Å². The van der Waals surface area contributed by atoms with Gasteiger partial charge in [0.2, 0.25) is 0 Å². The van der Waals surface area contributed by atoms with Gasteiger partial charge < -0.3 is 15.5 Å². The van der Waals surface area contributed by atoms with E-state index < -0.39 is 0 Å². The average molecular weight is 328 g/mol. The first-order chi connectivity index (χ1) is 11.7. The van der Waals surface area contributed by atoms with Gasteiger partial charge >= 0.3 is 0 Å². The summed E-state index contributed by atoms with van der Waals surface area (Å²) in [5.74, 6) is 1.35. The quantitative estimate of drug-likeness (QED) is 0.467. The molecule has 0 spiro atoms. The van der Waals surface area contributed by atoms with Crippen LogP contribution < -0.4 is 5.73 Å². The fraction of sp³-hybridized carbons (Fsp3) is 0.474. The monoisotopic (exact) mass is 328 g/mol. The smallest absolute Gasteiger partial charge is 0.286 e. The number of imidazole rings is 1. The minimum absolute atomic E-state index is 0.189. The van der Waals surface area contributed by atoms with Gasteiger partial charge in [0.05, 0.1) is 0 Å². The maximum absolute atomic E-state index is 5.91. The summed E-state index contributed by atoms with van der Waals surface area (Å²) in [4.78, 5) is 11.5. The highest BCUT2D eigenvalue weighted by atomic mass is 16.5. The van der Waals surface area contributed by atoms with E-state index in [1.165, 1.54) is 19.3 Å². The number of aromatic amines is 1. The number of aliphatic imine (C=N–C) groups is 1. The Morgan fingerprint density at radius 2 is 2.25 bits per heavy atom. The number of nitrogens with zero attached hydrogens (tertiary/aromatic N) is 2. The van der Waals surface area contributed by atoms with Gasteiger partial charge in [-0.2, -0.15) is 0 Å². The lowest BCUT2D eigenvalue weighted by Gasteiger charge is -2.28. The highest BCUT2D eigenvalue weighted by Crippen LogP contribution is 2.26. The van der Waals surface area contributed by atoms with Crippen LogP contribution in [0.25, 0.3) is 6.08 Å². The molecule has 1 aliphatic rings.